The smallest absolute Gasteiger partial charge is 0.221 e. The number of anilines is 1. The minimum Gasteiger partial charge on any atom is -0.326 e. The van der Waals surface area contributed by atoms with Gasteiger partial charge in [0, 0.05) is 31.1 Å². The Kier molecular flexibility index (Phi) is 5.10. The molecule has 0 aliphatic rings. The molecule has 1 rings (SSSR count). The molecule has 0 saturated carbocycles. The molecule has 2 N–H and O–H groups in total. The monoisotopic (exact) mass is 216 g/mol. The molecule has 0 heterocycles. The number of hydrogen-bond donors (Lipinski definition) is 2. The van der Waals surface area contributed by atoms with Crippen molar-refractivity contribution >= 4 is 11.6 Å². The van der Waals surface area contributed by atoms with E-state index < -0.39 is 0 Å². The van der Waals surface area contributed by atoms with Gasteiger partial charge in [-0.05, 0) is 31.3 Å². The highest BCUT2D eigenvalue weighted by molar-refractivity contribution is 5.88. The van der Waals surface area contributed by atoms with E-state index in [2.05, 4.69) is 22.5 Å². The van der Waals surface area contributed by atoms with Gasteiger partial charge >= 0.3 is 0 Å². The molecule has 0 unspecified atom stereocenters. The second-order valence-corrected chi connectivity index (χ2v) is 3.41. The first-order valence-corrected chi connectivity index (χ1v) is 5.23. The number of hydrogen-bond acceptors (Lipinski definition) is 2. The van der Waals surface area contributed by atoms with Gasteiger partial charge < -0.3 is 10.6 Å². The second-order valence-electron chi connectivity index (χ2n) is 3.41. The SMILES string of the molecule is CNCCC#Cc1ccc(NC(C)=O)cc1. The predicted molar refractivity (Wildman–Crippen MR) is 66.2 cm³/mol. The number of benzene rings is 1. The van der Waals surface area contributed by atoms with Gasteiger partial charge in [0.25, 0.3) is 0 Å². The molecular formula is C13H16N2O. The Balaban J connectivity index is 2.56. The largest absolute Gasteiger partial charge is 0.326 e. The Morgan fingerprint density at radius 3 is 2.56 bits per heavy atom. The van der Waals surface area contributed by atoms with Gasteiger partial charge in [-0.3, -0.25) is 4.79 Å². The van der Waals surface area contributed by atoms with E-state index in [1.54, 1.807) is 0 Å². The Bertz CT molecular complexity index is 398. The van der Waals surface area contributed by atoms with E-state index in [0.29, 0.717) is 0 Å². The minimum absolute atomic E-state index is 0.0622. The highest BCUT2D eigenvalue weighted by Crippen LogP contribution is 2.08. The second kappa shape index (κ2) is 6.65. The summed E-state index contributed by atoms with van der Waals surface area (Å²) >= 11 is 0. The molecule has 3 nitrogen and oxygen atoms in total. The fourth-order valence-corrected chi connectivity index (χ4v) is 1.19. The lowest BCUT2D eigenvalue weighted by Crippen LogP contribution is -2.06. The quantitative estimate of drug-likeness (QED) is 0.595. The molecule has 0 aromatic heterocycles. The molecule has 1 aromatic carbocycles. The van der Waals surface area contributed by atoms with E-state index >= 15 is 0 Å². The molecule has 0 saturated heterocycles. The first-order chi connectivity index (χ1) is 7.72. The van der Waals surface area contributed by atoms with E-state index in [4.69, 9.17) is 0 Å². The predicted octanol–water partition coefficient (Wildman–Crippen LogP) is 1.61. The highest BCUT2D eigenvalue weighted by atomic mass is 16.1. The fraction of sp³-hybridized carbons (Fsp3) is 0.308. The van der Waals surface area contributed by atoms with Crippen molar-refractivity contribution in [2.24, 2.45) is 0 Å². The van der Waals surface area contributed by atoms with Crippen LogP contribution in [0.15, 0.2) is 24.3 Å². The molecule has 3 heteroatoms. The average molecular weight is 216 g/mol. The summed E-state index contributed by atoms with van der Waals surface area (Å²) in [4.78, 5) is 10.8. The molecule has 1 aromatic rings. The zero-order valence-corrected chi connectivity index (χ0v) is 9.63. The third kappa shape index (κ3) is 4.63. The molecule has 1 amide bonds. The van der Waals surface area contributed by atoms with Gasteiger partial charge in [-0.2, -0.15) is 0 Å². The van der Waals surface area contributed by atoms with E-state index in [0.717, 1.165) is 24.2 Å². The maximum atomic E-state index is 10.8. The van der Waals surface area contributed by atoms with E-state index in [9.17, 15) is 4.79 Å². The number of carbonyl (C=O) groups is 1. The average Bonchev–Trinajstić information content (AvgIpc) is 2.26. The van der Waals surface area contributed by atoms with Crippen LogP contribution in [0.2, 0.25) is 0 Å². The summed E-state index contributed by atoms with van der Waals surface area (Å²) in [6, 6.07) is 7.50. The lowest BCUT2D eigenvalue weighted by molar-refractivity contribution is -0.114. The molecular weight excluding hydrogens is 200 g/mol. The van der Waals surface area contributed by atoms with Gasteiger partial charge in [-0.1, -0.05) is 11.8 Å². The zero-order valence-electron chi connectivity index (χ0n) is 9.63. The van der Waals surface area contributed by atoms with Gasteiger partial charge in [-0.15, -0.1) is 0 Å². The molecule has 0 aliphatic carbocycles. The first kappa shape index (κ1) is 12.3. The first-order valence-electron chi connectivity index (χ1n) is 5.23. The van der Waals surface area contributed by atoms with Crippen LogP contribution in [0.25, 0.3) is 0 Å². The summed E-state index contributed by atoms with van der Waals surface area (Å²) in [6.45, 7) is 2.39. The topological polar surface area (TPSA) is 41.1 Å². The normalized spacial score (nSPS) is 9.12. The molecule has 0 radical (unpaired) electrons. The summed E-state index contributed by atoms with van der Waals surface area (Å²) < 4.78 is 0. The van der Waals surface area contributed by atoms with Crippen molar-refractivity contribution in [3.8, 4) is 11.8 Å². The van der Waals surface area contributed by atoms with Crippen LogP contribution >= 0.6 is 0 Å². The maximum Gasteiger partial charge on any atom is 0.221 e. The summed E-state index contributed by atoms with van der Waals surface area (Å²) in [6.07, 6.45) is 0.837. The van der Waals surface area contributed by atoms with Crippen molar-refractivity contribution < 1.29 is 4.79 Å². The highest BCUT2D eigenvalue weighted by Gasteiger charge is 1.93. The van der Waals surface area contributed by atoms with Crippen LogP contribution < -0.4 is 10.6 Å². The number of rotatable bonds is 3. The maximum absolute atomic E-state index is 10.8. The van der Waals surface area contributed by atoms with Crippen LogP contribution in [0.4, 0.5) is 5.69 Å². The van der Waals surface area contributed by atoms with Crippen LogP contribution in [0.5, 0.6) is 0 Å². The fourth-order valence-electron chi connectivity index (χ4n) is 1.19. The van der Waals surface area contributed by atoms with E-state index in [1.807, 2.05) is 31.3 Å². The van der Waals surface area contributed by atoms with E-state index in [-0.39, 0.29) is 5.91 Å². The van der Waals surface area contributed by atoms with Gasteiger partial charge in [0.05, 0.1) is 0 Å². The van der Waals surface area contributed by atoms with Crippen LogP contribution in [0.3, 0.4) is 0 Å². The molecule has 0 bridgehead atoms. The van der Waals surface area contributed by atoms with E-state index in [1.165, 1.54) is 6.92 Å². The molecule has 0 atom stereocenters. The Labute approximate surface area is 96.2 Å². The third-order valence-electron chi connectivity index (χ3n) is 1.94. The van der Waals surface area contributed by atoms with Crippen LogP contribution in [-0.2, 0) is 4.79 Å². The molecule has 0 fully saturated rings. The number of amides is 1. The van der Waals surface area contributed by atoms with Crippen LogP contribution in [0.1, 0.15) is 18.9 Å². The standard InChI is InChI=1S/C13H16N2O/c1-11(16)15-13-8-6-12(7-9-13)5-3-4-10-14-2/h6-9,14H,4,10H2,1-2H3,(H,15,16). The van der Waals surface area contributed by atoms with Crippen molar-refractivity contribution in [1.82, 2.24) is 5.32 Å². The lowest BCUT2D eigenvalue weighted by atomic mass is 10.2. The summed E-state index contributed by atoms with van der Waals surface area (Å²) in [7, 11) is 1.91. The molecule has 0 aliphatic heterocycles. The van der Waals surface area contributed by atoms with Gasteiger partial charge in [0.1, 0.15) is 0 Å². The Morgan fingerprint density at radius 2 is 2.00 bits per heavy atom. The zero-order chi connectivity index (χ0) is 11.8. The minimum atomic E-state index is -0.0622. The van der Waals surface area contributed by atoms with Gasteiger partial charge in [0.15, 0.2) is 0 Å². The molecule has 16 heavy (non-hydrogen) atoms. The van der Waals surface area contributed by atoms with Crippen molar-refractivity contribution in [1.29, 1.82) is 0 Å². The molecule has 0 spiro atoms. The number of nitrogens with one attached hydrogen (secondary N) is 2. The van der Waals surface area contributed by atoms with Crippen molar-refractivity contribution in [3.63, 3.8) is 0 Å². The summed E-state index contributed by atoms with van der Waals surface area (Å²) in [5.41, 5.74) is 1.76. The van der Waals surface area contributed by atoms with Gasteiger partial charge in [-0.25, -0.2) is 0 Å². The Morgan fingerprint density at radius 1 is 1.31 bits per heavy atom. The Hall–Kier alpha value is -1.79. The van der Waals surface area contributed by atoms with Crippen LogP contribution in [0, 0.1) is 11.8 Å². The van der Waals surface area contributed by atoms with Crippen molar-refractivity contribution in [2.75, 3.05) is 18.9 Å². The van der Waals surface area contributed by atoms with Crippen molar-refractivity contribution in [3.05, 3.63) is 29.8 Å². The molecule has 84 valence electrons. The van der Waals surface area contributed by atoms with Gasteiger partial charge in [0.2, 0.25) is 5.91 Å². The van der Waals surface area contributed by atoms with Crippen LogP contribution in [-0.4, -0.2) is 19.5 Å². The number of carbonyl (C=O) groups excluding carboxylic acids is 1. The summed E-state index contributed by atoms with van der Waals surface area (Å²) in [5, 5.41) is 5.75. The lowest BCUT2D eigenvalue weighted by Gasteiger charge is -2.00. The third-order valence-corrected chi connectivity index (χ3v) is 1.94. The van der Waals surface area contributed by atoms with Crippen molar-refractivity contribution in [2.45, 2.75) is 13.3 Å². The summed E-state index contributed by atoms with van der Waals surface area (Å²) in [5.74, 6) is 6.06.